The number of carbonyl (C=O) groups excluding carboxylic acids is 2. The van der Waals surface area contributed by atoms with Gasteiger partial charge < -0.3 is 14.7 Å². The smallest absolute Gasteiger partial charge is 0.325 e. The van der Waals surface area contributed by atoms with Gasteiger partial charge in [-0.1, -0.05) is 19.0 Å². The number of Topliss-reactive ketones (excluding diaryl/α,β-unsaturated/α-hetero) is 2. The first-order valence-electron chi connectivity index (χ1n) is 9.39. The van der Waals surface area contributed by atoms with Crippen LogP contribution in [-0.2, 0) is 22.4 Å². The van der Waals surface area contributed by atoms with E-state index < -0.39 is 12.5 Å². The van der Waals surface area contributed by atoms with Crippen LogP contribution in [0.4, 0.5) is 0 Å². The monoisotopic (exact) mass is 388 g/mol. The molecule has 2 aliphatic carbocycles. The summed E-state index contributed by atoms with van der Waals surface area (Å²) in [5.41, 5.74) is 0.967. The summed E-state index contributed by atoms with van der Waals surface area (Å²) in [6, 6.07) is 0. The summed E-state index contributed by atoms with van der Waals surface area (Å²) in [5, 5.41) is 23.4. The maximum Gasteiger partial charge on any atom is 0.325 e. The summed E-state index contributed by atoms with van der Waals surface area (Å²) >= 11 is 0. The van der Waals surface area contributed by atoms with E-state index in [1.807, 2.05) is 13.8 Å². The fourth-order valence-corrected chi connectivity index (χ4v) is 3.85. The molecule has 2 aliphatic rings. The Kier molecular flexibility index (Phi) is 5.49. The van der Waals surface area contributed by atoms with Crippen LogP contribution in [-0.4, -0.2) is 45.2 Å². The number of aromatic nitrogens is 1. The van der Waals surface area contributed by atoms with Crippen molar-refractivity contribution in [1.82, 2.24) is 5.16 Å². The van der Waals surface area contributed by atoms with Crippen molar-refractivity contribution in [1.29, 1.82) is 0 Å². The van der Waals surface area contributed by atoms with Crippen LogP contribution in [0.3, 0.4) is 0 Å². The Bertz CT molecular complexity index is 891. The molecule has 0 spiro atoms. The SMILES string of the molecule is CC1(C)CC(=O)C(C(CCc2noc3c2C(=O)CCC3)=NCC(=O)O)=C(O)C1. The van der Waals surface area contributed by atoms with Gasteiger partial charge in [-0.15, -0.1) is 0 Å². The van der Waals surface area contributed by atoms with Gasteiger partial charge in [0.2, 0.25) is 0 Å². The van der Waals surface area contributed by atoms with Gasteiger partial charge in [0, 0.05) is 25.7 Å². The maximum atomic E-state index is 12.6. The first-order chi connectivity index (χ1) is 13.2. The van der Waals surface area contributed by atoms with Crippen molar-refractivity contribution in [2.24, 2.45) is 10.4 Å². The van der Waals surface area contributed by atoms with E-state index in [1.165, 1.54) is 0 Å². The second-order valence-corrected chi connectivity index (χ2v) is 8.12. The van der Waals surface area contributed by atoms with Crippen molar-refractivity contribution in [3.8, 4) is 0 Å². The molecule has 150 valence electrons. The lowest BCUT2D eigenvalue weighted by Crippen LogP contribution is -2.30. The molecule has 28 heavy (non-hydrogen) atoms. The Balaban J connectivity index is 1.87. The number of aryl methyl sites for hydroxylation is 2. The van der Waals surface area contributed by atoms with Crippen molar-refractivity contribution >= 4 is 23.2 Å². The summed E-state index contributed by atoms with van der Waals surface area (Å²) in [6.45, 7) is 3.27. The number of carbonyl (C=O) groups is 3. The molecule has 0 bridgehead atoms. The highest BCUT2D eigenvalue weighted by Crippen LogP contribution is 2.36. The van der Waals surface area contributed by atoms with Crippen molar-refractivity contribution in [2.45, 2.75) is 58.8 Å². The predicted octanol–water partition coefficient (Wildman–Crippen LogP) is 2.85. The molecule has 0 radical (unpaired) electrons. The molecule has 1 heterocycles. The molecule has 0 unspecified atom stereocenters. The number of hydrogen-bond acceptors (Lipinski definition) is 7. The van der Waals surface area contributed by atoms with Crippen LogP contribution >= 0.6 is 0 Å². The third-order valence-corrected chi connectivity index (χ3v) is 5.06. The number of allylic oxidation sites excluding steroid dienone is 2. The number of carboxylic acid groups (broad SMARTS) is 1. The van der Waals surface area contributed by atoms with E-state index in [2.05, 4.69) is 10.1 Å². The molecule has 8 nitrogen and oxygen atoms in total. The van der Waals surface area contributed by atoms with Crippen LogP contribution in [0.15, 0.2) is 20.8 Å². The second kappa shape index (κ2) is 7.69. The first-order valence-corrected chi connectivity index (χ1v) is 9.39. The van der Waals surface area contributed by atoms with E-state index in [0.717, 1.165) is 6.42 Å². The molecule has 8 heteroatoms. The second-order valence-electron chi connectivity index (χ2n) is 8.12. The molecule has 0 aliphatic heterocycles. The zero-order valence-electron chi connectivity index (χ0n) is 16.1. The van der Waals surface area contributed by atoms with Gasteiger partial charge in [-0.3, -0.25) is 19.4 Å². The normalized spacial score (nSPS) is 19.7. The molecule has 3 rings (SSSR count). The molecule has 0 saturated carbocycles. The average molecular weight is 388 g/mol. The van der Waals surface area contributed by atoms with Crippen LogP contribution in [0.25, 0.3) is 0 Å². The summed E-state index contributed by atoms with van der Waals surface area (Å²) < 4.78 is 5.27. The van der Waals surface area contributed by atoms with Crippen LogP contribution in [0.5, 0.6) is 0 Å². The quantitative estimate of drug-likeness (QED) is 0.717. The fraction of sp³-hybridized carbons (Fsp3) is 0.550. The van der Waals surface area contributed by atoms with E-state index in [0.29, 0.717) is 36.3 Å². The third-order valence-electron chi connectivity index (χ3n) is 5.06. The summed E-state index contributed by atoms with van der Waals surface area (Å²) in [4.78, 5) is 39.8. The number of hydrogen-bond donors (Lipinski definition) is 2. The van der Waals surface area contributed by atoms with Crippen LogP contribution in [0.1, 0.15) is 67.8 Å². The van der Waals surface area contributed by atoms with E-state index in [9.17, 15) is 19.5 Å². The van der Waals surface area contributed by atoms with Crippen LogP contribution < -0.4 is 0 Å². The first kappa shape index (κ1) is 20.0. The lowest BCUT2D eigenvalue weighted by atomic mass is 9.75. The Labute approximate surface area is 162 Å². The molecular formula is C20H24N2O6. The van der Waals surface area contributed by atoms with Crippen molar-refractivity contribution < 1.29 is 29.1 Å². The Morgan fingerprint density at radius 1 is 1.21 bits per heavy atom. The summed E-state index contributed by atoms with van der Waals surface area (Å²) in [7, 11) is 0. The Morgan fingerprint density at radius 2 is 1.96 bits per heavy atom. The topological polar surface area (TPSA) is 130 Å². The highest BCUT2D eigenvalue weighted by Gasteiger charge is 2.35. The highest BCUT2D eigenvalue weighted by molar-refractivity contribution is 6.23. The number of aliphatic hydroxyl groups is 1. The molecule has 0 atom stereocenters. The number of nitrogens with zero attached hydrogens (tertiary/aromatic N) is 2. The fourth-order valence-electron chi connectivity index (χ4n) is 3.85. The van der Waals surface area contributed by atoms with Gasteiger partial charge in [-0.2, -0.15) is 0 Å². The lowest BCUT2D eigenvalue weighted by molar-refractivity contribution is -0.135. The van der Waals surface area contributed by atoms with Crippen molar-refractivity contribution in [2.75, 3.05) is 6.54 Å². The molecule has 0 aromatic carbocycles. The van der Waals surface area contributed by atoms with Gasteiger partial charge in [-0.25, -0.2) is 0 Å². The number of rotatable bonds is 6. The van der Waals surface area contributed by atoms with E-state index in [1.54, 1.807) is 0 Å². The Morgan fingerprint density at radius 3 is 2.64 bits per heavy atom. The number of aliphatic hydroxyl groups excluding tert-OH is 1. The van der Waals surface area contributed by atoms with Gasteiger partial charge >= 0.3 is 5.97 Å². The predicted molar refractivity (Wildman–Crippen MR) is 99.7 cm³/mol. The van der Waals surface area contributed by atoms with Gasteiger partial charge in [0.1, 0.15) is 18.1 Å². The molecule has 0 amide bonds. The van der Waals surface area contributed by atoms with Gasteiger partial charge in [-0.05, 0) is 24.7 Å². The van der Waals surface area contributed by atoms with Crippen LogP contribution in [0.2, 0.25) is 0 Å². The third kappa shape index (κ3) is 4.21. The summed E-state index contributed by atoms with van der Waals surface area (Å²) in [5.74, 6) is -0.887. The van der Waals surface area contributed by atoms with Crippen LogP contribution in [0, 0.1) is 5.41 Å². The largest absolute Gasteiger partial charge is 0.511 e. The molecular weight excluding hydrogens is 364 g/mol. The van der Waals surface area contributed by atoms with Crippen molar-refractivity contribution in [3.63, 3.8) is 0 Å². The average Bonchev–Trinajstić information content (AvgIpc) is 2.99. The Hall–Kier alpha value is -2.77. The van der Waals surface area contributed by atoms with E-state index in [4.69, 9.17) is 9.63 Å². The molecule has 1 aromatic heterocycles. The number of fused-ring (bicyclic) bond motifs is 1. The zero-order valence-corrected chi connectivity index (χ0v) is 16.1. The number of aliphatic imine (C=N–C) groups is 1. The molecule has 0 fully saturated rings. The minimum atomic E-state index is -1.13. The van der Waals surface area contributed by atoms with Crippen molar-refractivity contribution in [3.05, 3.63) is 28.3 Å². The van der Waals surface area contributed by atoms with Gasteiger partial charge in [0.05, 0.1) is 22.5 Å². The highest BCUT2D eigenvalue weighted by atomic mass is 16.5. The minimum Gasteiger partial charge on any atom is -0.511 e. The van der Waals surface area contributed by atoms with Gasteiger partial charge in [0.25, 0.3) is 0 Å². The van der Waals surface area contributed by atoms with E-state index in [-0.39, 0.29) is 53.3 Å². The van der Waals surface area contributed by atoms with Gasteiger partial charge in [0.15, 0.2) is 11.6 Å². The standard InChI is InChI=1S/C20H24N2O6/c1-20(2)8-14(24)18(15(25)9-20)11(21-10-17(26)27)6-7-12-19-13(23)4-3-5-16(19)28-22-12/h24H,3-10H2,1-2H3,(H,26,27). The maximum absolute atomic E-state index is 12.6. The number of ketones is 2. The lowest BCUT2D eigenvalue weighted by Gasteiger charge is -2.30. The number of aliphatic carboxylic acids is 1. The summed E-state index contributed by atoms with van der Waals surface area (Å²) in [6.07, 6.45) is 2.86. The minimum absolute atomic E-state index is 0.0147. The zero-order chi connectivity index (χ0) is 20.5. The van der Waals surface area contributed by atoms with E-state index >= 15 is 0 Å². The molecule has 0 saturated heterocycles. The molecule has 2 N–H and O–H groups in total. The molecule has 1 aromatic rings. The number of carboxylic acids is 1.